The molecule has 0 saturated heterocycles. The first-order valence-corrected chi connectivity index (χ1v) is 7.75. The number of esters is 1. The van der Waals surface area contributed by atoms with Crippen molar-refractivity contribution < 1.29 is 14.3 Å². The molecule has 4 heteroatoms. The molecular weight excluding hydrogens is 196 g/mol. The second-order valence-electron chi connectivity index (χ2n) is 3.76. The summed E-state index contributed by atoms with van der Waals surface area (Å²) in [4.78, 5) is 11.2. The summed E-state index contributed by atoms with van der Waals surface area (Å²) in [5.41, 5.74) is 3.32. The molecule has 0 N–H and O–H groups in total. The van der Waals surface area contributed by atoms with Gasteiger partial charge in [0.1, 0.15) is 19.9 Å². The molecule has 14 heavy (non-hydrogen) atoms. The van der Waals surface area contributed by atoms with E-state index in [0.717, 1.165) is 0 Å². The van der Waals surface area contributed by atoms with Gasteiger partial charge in [-0.2, -0.15) is 0 Å². The van der Waals surface area contributed by atoms with Gasteiger partial charge in [-0.1, -0.05) is 25.6 Å². The van der Waals surface area contributed by atoms with Crippen LogP contribution in [0.1, 0.15) is 0 Å². The Kier molecular flexibility index (Phi) is 5.03. The monoisotopic (exact) mass is 212 g/mol. The number of carbonyl (C=O) groups excluding carboxylic acids is 1. The topological polar surface area (TPSA) is 35.5 Å². The Balaban J connectivity index is 4.77. The molecule has 0 unspecified atom stereocenters. The molecule has 0 saturated carbocycles. The van der Waals surface area contributed by atoms with Crippen molar-refractivity contribution in [1.29, 1.82) is 0 Å². The lowest BCUT2D eigenvalue weighted by molar-refractivity contribution is -0.135. The van der Waals surface area contributed by atoms with E-state index in [1.165, 1.54) is 20.5 Å². The van der Waals surface area contributed by atoms with Gasteiger partial charge in [0.15, 0.2) is 0 Å². The van der Waals surface area contributed by atoms with Gasteiger partial charge in [-0.15, -0.1) is 5.54 Å². The van der Waals surface area contributed by atoms with Gasteiger partial charge in [0.05, 0.1) is 14.2 Å². The zero-order chi connectivity index (χ0) is 11.2. The number of rotatable bonds is 2. The van der Waals surface area contributed by atoms with Crippen molar-refractivity contribution in [1.82, 2.24) is 0 Å². The Hall–Kier alpha value is -1.21. The third-order valence-corrected chi connectivity index (χ3v) is 2.09. The molecule has 0 heterocycles. The summed E-state index contributed by atoms with van der Waals surface area (Å²) in [6.45, 7) is 6.30. The van der Waals surface area contributed by atoms with Crippen LogP contribution >= 0.6 is 0 Å². The van der Waals surface area contributed by atoms with Crippen molar-refractivity contribution in [3.05, 3.63) is 11.8 Å². The minimum Gasteiger partial charge on any atom is -0.503 e. The first-order valence-electron chi connectivity index (χ1n) is 4.25. The molecule has 0 bridgehead atoms. The number of ether oxygens (including phenoxy) is 2. The van der Waals surface area contributed by atoms with E-state index in [-0.39, 0.29) is 5.57 Å². The molecule has 0 radical (unpaired) electrons. The lowest BCUT2D eigenvalue weighted by Crippen LogP contribution is -2.17. The van der Waals surface area contributed by atoms with Crippen molar-refractivity contribution in [3.63, 3.8) is 0 Å². The molecule has 0 aliphatic carbocycles. The maximum absolute atomic E-state index is 11.2. The maximum atomic E-state index is 11.2. The van der Waals surface area contributed by atoms with Crippen LogP contribution in [0.5, 0.6) is 0 Å². The van der Waals surface area contributed by atoms with Gasteiger partial charge in [-0.05, 0) is 0 Å². The second kappa shape index (κ2) is 5.50. The summed E-state index contributed by atoms with van der Waals surface area (Å²) < 4.78 is 9.30. The van der Waals surface area contributed by atoms with E-state index in [4.69, 9.17) is 4.74 Å². The van der Waals surface area contributed by atoms with Crippen molar-refractivity contribution in [3.8, 4) is 11.5 Å². The summed E-state index contributed by atoms with van der Waals surface area (Å²) in [5.74, 6) is 2.32. The predicted octanol–water partition coefficient (Wildman–Crippen LogP) is 1.57. The van der Waals surface area contributed by atoms with Gasteiger partial charge in [0, 0.05) is 0 Å². The highest BCUT2D eigenvalue weighted by atomic mass is 28.3. The Morgan fingerprint density at radius 1 is 1.29 bits per heavy atom. The Labute approximate surface area is 86.1 Å². The fraction of sp³-hybridized carbons (Fsp3) is 0.500. The average Bonchev–Trinajstić information content (AvgIpc) is 2.09. The number of methoxy groups -OCH3 is 2. The van der Waals surface area contributed by atoms with Gasteiger partial charge in [0.25, 0.3) is 0 Å². The fourth-order valence-electron chi connectivity index (χ4n) is 0.611. The molecule has 78 valence electrons. The van der Waals surface area contributed by atoms with E-state index in [1.807, 2.05) is 0 Å². The summed E-state index contributed by atoms with van der Waals surface area (Å²) in [5, 5.41) is 0. The molecule has 0 atom stereocenters. The zero-order valence-electron chi connectivity index (χ0n) is 9.30. The van der Waals surface area contributed by atoms with Crippen LogP contribution in [0.3, 0.4) is 0 Å². The third-order valence-electron chi connectivity index (χ3n) is 1.21. The predicted molar refractivity (Wildman–Crippen MR) is 58.2 cm³/mol. The van der Waals surface area contributed by atoms with Gasteiger partial charge in [0.2, 0.25) is 0 Å². The molecule has 0 amide bonds. The van der Waals surface area contributed by atoms with Gasteiger partial charge >= 0.3 is 5.97 Å². The summed E-state index contributed by atoms with van der Waals surface area (Å²) in [7, 11) is 1.32. The molecule has 0 aromatic carbocycles. The molecular formula is C10H16O3Si. The van der Waals surface area contributed by atoms with E-state index >= 15 is 0 Å². The molecule has 0 aliphatic heterocycles. The van der Waals surface area contributed by atoms with Crippen LogP contribution in [-0.2, 0) is 14.3 Å². The van der Waals surface area contributed by atoms with Crippen LogP contribution in [-0.4, -0.2) is 28.3 Å². The second-order valence-corrected chi connectivity index (χ2v) is 8.51. The van der Waals surface area contributed by atoms with Gasteiger partial charge < -0.3 is 9.47 Å². The summed E-state index contributed by atoms with van der Waals surface area (Å²) in [6.07, 6.45) is 1.30. The zero-order valence-corrected chi connectivity index (χ0v) is 10.3. The standard InChI is InChI=1S/C10H16O3Si/c1-12-8-9(10(11)13-2)6-7-14(3,4)5/h8H,1-5H3/b9-8-. The molecule has 0 aromatic rings. The van der Waals surface area contributed by atoms with Gasteiger partial charge in [-0.25, -0.2) is 4.79 Å². The largest absolute Gasteiger partial charge is 0.503 e. The molecule has 0 rings (SSSR count). The van der Waals surface area contributed by atoms with Crippen molar-refractivity contribution >= 4 is 14.0 Å². The number of hydrogen-bond donors (Lipinski definition) is 0. The smallest absolute Gasteiger partial charge is 0.349 e. The van der Waals surface area contributed by atoms with Crippen LogP contribution in [0.2, 0.25) is 19.6 Å². The fourth-order valence-corrected chi connectivity index (χ4v) is 1.12. The maximum Gasteiger partial charge on any atom is 0.349 e. The third kappa shape index (κ3) is 5.44. The minimum atomic E-state index is -1.47. The van der Waals surface area contributed by atoms with Crippen LogP contribution in [0, 0.1) is 11.5 Å². The highest BCUT2D eigenvalue weighted by Crippen LogP contribution is 2.00. The molecule has 0 spiro atoms. The van der Waals surface area contributed by atoms with E-state index in [1.54, 1.807) is 0 Å². The van der Waals surface area contributed by atoms with E-state index in [9.17, 15) is 4.79 Å². The van der Waals surface area contributed by atoms with Crippen molar-refractivity contribution in [2.45, 2.75) is 19.6 Å². The van der Waals surface area contributed by atoms with Crippen LogP contribution in [0.4, 0.5) is 0 Å². The highest BCUT2D eigenvalue weighted by molar-refractivity contribution is 6.83. The normalized spacial score (nSPS) is 11.4. The lowest BCUT2D eigenvalue weighted by Gasteiger charge is -2.04. The Morgan fingerprint density at radius 3 is 2.21 bits per heavy atom. The quantitative estimate of drug-likeness (QED) is 0.229. The summed E-state index contributed by atoms with van der Waals surface area (Å²) >= 11 is 0. The Morgan fingerprint density at radius 2 is 1.86 bits per heavy atom. The lowest BCUT2D eigenvalue weighted by atomic mass is 10.3. The molecule has 0 aromatic heterocycles. The van der Waals surface area contributed by atoms with Crippen molar-refractivity contribution in [2.24, 2.45) is 0 Å². The van der Waals surface area contributed by atoms with Crippen molar-refractivity contribution in [2.75, 3.05) is 14.2 Å². The minimum absolute atomic E-state index is 0.262. The van der Waals surface area contributed by atoms with E-state index in [2.05, 4.69) is 35.8 Å². The van der Waals surface area contributed by atoms with Crippen LogP contribution < -0.4 is 0 Å². The molecule has 3 nitrogen and oxygen atoms in total. The number of carbonyl (C=O) groups is 1. The summed E-state index contributed by atoms with van der Waals surface area (Å²) in [6, 6.07) is 0. The first kappa shape index (κ1) is 12.8. The molecule has 0 aliphatic rings. The van der Waals surface area contributed by atoms with Crippen LogP contribution in [0.15, 0.2) is 11.8 Å². The number of hydrogen-bond acceptors (Lipinski definition) is 3. The van der Waals surface area contributed by atoms with Gasteiger partial charge in [-0.3, -0.25) is 0 Å². The average molecular weight is 212 g/mol. The SMILES string of the molecule is CO/C=C(/C#C[Si](C)(C)C)C(=O)OC. The Bertz CT molecular complexity index is 289. The van der Waals surface area contributed by atoms with E-state index < -0.39 is 14.0 Å². The highest BCUT2D eigenvalue weighted by Gasteiger charge is 2.11. The first-order chi connectivity index (χ1) is 6.40. The molecule has 0 fully saturated rings. The van der Waals surface area contributed by atoms with Crippen LogP contribution in [0.25, 0.3) is 0 Å². The van der Waals surface area contributed by atoms with E-state index in [0.29, 0.717) is 0 Å².